The van der Waals surface area contributed by atoms with Gasteiger partial charge in [-0.2, -0.15) is 0 Å². The fourth-order valence-electron chi connectivity index (χ4n) is 4.59. The lowest BCUT2D eigenvalue weighted by Gasteiger charge is -2.31. The first-order valence-corrected chi connectivity index (χ1v) is 11.5. The molecule has 1 aliphatic heterocycles. The number of halogens is 1. The molecule has 1 heterocycles. The molecule has 0 saturated carbocycles. The van der Waals surface area contributed by atoms with Crippen molar-refractivity contribution in [2.24, 2.45) is 0 Å². The highest BCUT2D eigenvalue weighted by Crippen LogP contribution is 2.37. The van der Waals surface area contributed by atoms with Crippen molar-refractivity contribution >= 4 is 11.9 Å². The fourth-order valence-corrected chi connectivity index (χ4v) is 4.59. The zero-order chi connectivity index (χ0) is 24.1. The van der Waals surface area contributed by atoms with Crippen molar-refractivity contribution in [2.45, 2.75) is 38.6 Å². The van der Waals surface area contributed by atoms with Crippen LogP contribution in [0.3, 0.4) is 0 Å². The molecule has 6 heteroatoms. The van der Waals surface area contributed by atoms with Gasteiger partial charge >= 0.3 is 5.97 Å². The normalized spacial score (nSPS) is 12.8. The average molecular weight is 462 g/mol. The van der Waals surface area contributed by atoms with Crippen LogP contribution in [0.1, 0.15) is 35.1 Å². The maximum absolute atomic E-state index is 14.7. The molecule has 3 aromatic carbocycles. The largest absolute Gasteiger partial charge is 0.496 e. The van der Waals surface area contributed by atoms with Gasteiger partial charge in [-0.15, -0.1) is 0 Å². The molecule has 0 aliphatic carbocycles. The summed E-state index contributed by atoms with van der Waals surface area (Å²) < 4.78 is 20.2. The number of hydrogen-bond donors (Lipinski definition) is 1. The van der Waals surface area contributed by atoms with Crippen LogP contribution < -0.4 is 4.74 Å². The summed E-state index contributed by atoms with van der Waals surface area (Å²) in [6.45, 7) is 0.832. The molecular weight excluding hydrogens is 433 g/mol. The first-order valence-electron chi connectivity index (χ1n) is 11.5. The molecule has 5 nitrogen and oxygen atoms in total. The molecule has 0 spiro atoms. The molecule has 0 unspecified atom stereocenters. The Hall–Kier alpha value is -3.67. The highest BCUT2D eigenvalue weighted by molar-refractivity contribution is 5.80. The van der Waals surface area contributed by atoms with E-state index < -0.39 is 5.97 Å². The van der Waals surface area contributed by atoms with E-state index in [1.54, 1.807) is 18.2 Å². The number of aryl methyl sites for hydroxylation is 1. The number of amides is 1. The molecule has 0 saturated heterocycles. The minimum absolute atomic E-state index is 0.0700. The molecular formula is C28H28FNO4. The number of aliphatic carboxylic acids is 1. The van der Waals surface area contributed by atoms with Gasteiger partial charge in [-0.25, -0.2) is 4.39 Å². The maximum atomic E-state index is 14.7. The molecule has 0 atom stereocenters. The Kier molecular flexibility index (Phi) is 7.26. The maximum Gasteiger partial charge on any atom is 0.307 e. The van der Waals surface area contributed by atoms with E-state index >= 15 is 0 Å². The van der Waals surface area contributed by atoms with E-state index in [0.29, 0.717) is 42.8 Å². The number of carboxylic acids is 1. The molecule has 0 radical (unpaired) electrons. The lowest BCUT2D eigenvalue weighted by Crippen LogP contribution is -2.36. The van der Waals surface area contributed by atoms with Crippen LogP contribution in [-0.4, -0.2) is 35.5 Å². The molecule has 34 heavy (non-hydrogen) atoms. The Morgan fingerprint density at radius 3 is 2.50 bits per heavy atom. The SMILES string of the molecule is COc1cc(CC(=O)O)ccc1-c1ccc(F)c2c1CN(C(=O)CCCc1ccccc1)CC2. The van der Waals surface area contributed by atoms with Gasteiger partial charge in [-0.1, -0.05) is 48.5 Å². The standard InChI is InChI=1S/C28H28FNO4/c1-34-26-16-20(17-28(32)33)10-11-23(26)21-12-13-25(29)22-14-15-30(18-24(21)22)27(31)9-5-8-19-6-3-2-4-7-19/h2-4,6-7,10-13,16H,5,8-9,14-15,17-18H2,1H3,(H,32,33). The zero-order valence-corrected chi connectivity index (χ0v) is 19.2. The summed E-state index contributed by atoms with van der Waals surface area (Å²) in [4.78, 5) is 25.8. The molecule has 176 valence electrons. The third-order valence-corrected chi connectivity index (χ3v) is 6.32. The Bertz CT molecular complexity index is 1190. The van der Waals surface area contributed by atoms with E-state index in [1.165, 1.54) is 18.7 Å². The monoisotopic (exact) mass is 461 g/mol. The second kappa shape index (κ2) is 10.5. The van der Waals surface area contributed by atoms with Crippen LogP contribution in [0.4, 0.5) is 4.39 Å². The summed E-state index contributed by atoms with van der Waals surface area (Å²) in [5.74, 6) is -0.591. The molecule has 1 N–H and O–H groups in total. The van der Waals surface area contributed by atoms with Gasteiger partial charge in [0.05, 0.1) is 13.5 Å². The third-order valence-electron chi connectivity index (χ3n) is 6.32. The van der Waals surface area contributed by atoms with Crippen molar-refractivity contribution in [1.82, 2.24) is 4.90 Å². The second-order valence-corrected chi connectivity index (χ2v) is 8.56. The molecule has 0 bridgehead atoms. The average Bonchev–Trinajstić information content (AvgIpc) is 2.84. The summed E-state index contributed by atoms with van der Waals surface area (Å²) in [5, 5.41) is 9.09. The van der Waals surface area contributed by atoms with Gasteiger partial charge in [-0.05, 0) is 59.2 Å². The number of nitrogens with zero attached hydrogens (tertiary/aromatic N) is 1. The van der Waals surface area contributed by atoms with Crippen molar-refractivity contribution in [2.75, 3.05) is 13.7 Å². The molecule has 3 aromatic rings. The van der Waals surface area contributed by atoms with Crippen molar-refractivity contribution < 1.29 is 23.8 Å². The van der Waals surface area contributed by atoms with Gasteiger partial charge in [0, 0.05) is 25.1 Å². The predicted molar refractivity (Wildman–Crippen MR) is 128 cm³/mol. The quantitative estimate of drug-likeness (QED) is 0.511. The van der Waals surface area contributed by atoms with Crippen LogP contribution in [-0.2, 0) is 35.4 Å². The van der Waals surface area contributed by atoms with Crippen molar-refractivity contribution in [3.8, 4) is 16.9 Å². The number of hydrogen-bond acceptors (Lipinski definition) is 3. The van der Waals surface area contributed by atoms with Crippen LogP contribution in [0.15, 0.2) is 60.7 Å². The van der Waals surface area contributed by atoms with Crippen LogP contribution in [0.2, 0.25) is 0 Å². The van der Waals surface area contributed by atoms with Gasteiger partial charge in [0.25, 0.3) is 0 Å². The van der Waals surface area contributed by atoms with Crippen LogP contribution in [0, 0.1) is 5.82 Å². The van der Waals surface area contributed by atoms with Crippen LogP contribution >= 0.6 is 0 Å². The third kappa shape index (κ3) is 5.28. The number of fused-ring (bicyclic) bond motifs is 1. The van der Waals surface area contributed by atoms with Crippen molar-refractivity contribution in [3.05, 3.63) is 88.7 Å². The lowest BCUT2D eigenvalue weighted by atomic mass is 9.89. The van der Waals surface area contributed by atoms with Gasteiger partial charge in [0.15, 0.2) is 0 Å². The van der Waals surface area contributed by atoms with Crippen LogP contribution in [0.25, 0.3) is 11.1 Å². The van der Waals surface area contributed by atoms with E-state index in [-0.39, 0.29) is 18.1 Å². The first-order chi connectivity index (χ1) is 16.5. The summed E-state index contributed by atoms with van der Waals surface area (Å²) >= 11 is 0. The van der Waals surface area contributed by atoms with E-state index in [4.69, 9.17) is 9.84 Å². The fraction of sp³-hybridized carbons (Fsp3) is 0.286. The molecule has 0 aromatic heterocycles. The summed E-state index contributed by atoms with van der Waals surface area (Å²) in [5.41, 5.74) is 4.80. The topological polar surface area (TPSA) is 66.8 Å². The Morgan fingerprint density at radius 1 is 1.00 bits per heavy atom. The minimum Gasteiger partial charge on any atom is -0.496 e. The molecule has 4 rings (SSSR count). The summed E-state index contributed by atoms with van der Waals surface area (Å²) in [6.07, 6.45) is 2.40. The molecule has 1 amide bonds. The number of carbonyl (C=O) groups is 2. The summed E-state index contributed by atoms with van der Waals surface area (Å²) in [6, 6.07) is 18.5. The minimum atomic E-state index is -0.921. The predicted octanol–water partition coefficient (Wildman–Crippen LogP) is 5.04. The molecule has 0 fully saturated rings. The van der Waals surface area contributed by atoms with E-state index in [9.17, 15) is 14.0 Å². The number of methoxy groups -OCH3 is 1. The van der Waals surface area contributed by atoms with E-state index in [1.807, 2.05) is 29.2 Å². The van der Waals surface area contributed by atoms with Gasteiger partial charge in [-0.3, -0.25) is 9.59 Å². The number of carboxylic acid groups (broad SMARTS) is 1. The van der Waals surface area contributed by atoms with Gasteiger partial charge < -0.3 is 14.7 Å². The Labute approximate surface area is 198 Å². The van der Waals surface area contributed by atoms with Crippen LogP contribution in [0.5, 0.6) is 5.75 Å². The zero-order valence-electron chi connectivity index (χ0n) is 19.2. The highest BCUT2D eigenvalue weighted by Gasteiger charge is 2.26. The lowest BCUT2D eigenvalue weighted by molar-refractivity contribution is -0.136. The smallest absolute Gasteiger partial charge is 0.307 e. The number of ether oxygens (including phenoxy) is 1. The summed E-state index contributed by atoms with van der Waals surface area (Å²) in [7, 11) is 1.53. The number of rotatable bonds is 8. The van der Waals surface area contributed by atoms with Crippen molar-refractivity contribution in [1.29, 1.82) is 0 Å². The second-order valence-electron chi connectivity index (χ2n) is 8.56. The Morgan fingerprint density at radius 2 is 1.76 bits per heavy atom. The van der Waals surface area contributed by atoms with E-state index in [2.05, 4.69) is 12.1 Å². The first kappa shape index (κ1) is 23.5. The Balaban J connectivity index is 1.55. The number of carbonyl (C=O) groups excluding carboxylic acids is 1. The van der Waals surface area contributed by atoms with Gasteiger partial charge in [0.2, 0.25) is 5.91 Å². The van der Waals surface area contributed by atoms with E-state index in [0.717, 1.165) is 29.5 Å². The van der Waals surface area contributed by atoms with Gasteiger partial charge in [0.1, 0.15) is 11.6 Å². The highest BCUT2D eigenvalue weighted by atomic mass is 19.1. The van der Waals surface area contributed by atoms with Crippen molar-refractivity contribution in [3.63, 3.8) is 0 Å². The molecule has 1 aliphatic rings. The number of benzene rings is 3.